The Morgan fingerprint density at radius 1 is 1.62 bits per heavy atom. The van der Waals surface area contributed by atoms with Gasteiger partial charge < -0.3 is 10.0 Å². The smallest absolute Gasteiger partial charge is 0.313 e. The van der Waals surface area contributed by atoms with Gasteiger partial charge in [-0.2, -0.15) is 0 Å². The lowest BCUT2D eigenvalue weighted by atomic mass is 9.86. The largest absolute Gasteiger partial charge is 0.481 e. The minimum atomic E-state index is -0.764. The van der Waals surface area contributed by atoms with Crippen molar-refractivity contribution in [2.45, 2.75) is 19.4 Å². The average molecular weight is 237 g/mol. The molecule has 1 aromatic rings. The summed E-state index contributed by atoms with van der Waals surface area (Å²) in [6, 6.07) is 3.97. The zero-order chi connectivity index (χ0) is 11.9. The first-order valence-corrected chi connectivity index (χ1v) is 6.05. The maximum absolute atomic E-state index is 11.3. The molecule has 2 rings (SSSR count). The molecule has 2 atom stereocenters. The topological polar surface area (TPSA) is 40.5 Å². The molecule has 1 aromatic heterocycles. The van der Waals surface area contributed by atoms with Gasteiger partial charge in [0.1, 0.15) is 5.92 Å². The first kappa shape index (κ1) is 11.2. The van der Waals surface area contributed by atoms with Gasteiger partial charge in [0.25, 0.3) is 0 Å². The second-order valence-electron chi connectivity index (χ2n) is 4.31. The minimum absolute atomic E-state index is 0.454. The Labute approximate surface area is 99.0 Å². The predicted molar refractivity (Wildman–Crippen MR) is 64.3 cm³/mol. The second-order valence-corrected chi connectivity index (χ2v) is 5.26. The van der Waals surface area contributed by atoms with Crippen molar-refractivity contribution in [1.29, 1.82) is 0 Å². The highest BCUT2D eigenvalue weighted by molar-refractivity contribution is 7.10. The number of thiophene rings is 1. The Kier molecular flexibility index (Phi) is 2.54. The fourth-order valence-corrected chi connectivity index (χ4v) is 3.25. The van der Waals surface area contributed by atoms with E-state index in [4.69, 9.17) is 0 Å². The van der Waals surface area contributed by atoms with E-state index in [0.29, 0.717) is 0 Å². The maximum atomic E-state index is 11.3. The van der Waals surface area contributed by atoms with Crippen molar-refractivity contribution >= 4 is 17.3 Å². The van der Waals surface area contributed by atoms with Crippen LogP contribution in [-0.4, -0.2) is 23.0 Å². The molecule has 3 nitrogen and oxygen atoms in total. The Morgan fingerprint density at radius 3 is 2.81 bits per heavy atom. The summed E-state index contributed by atoms with van der Waals surface area (Å²) in [6.07, 6.45) is 1.84. The maximum Gasteiger partial charge on any atom is 0.313 e. The SMILES string of the molecule is CC1=CC(C(=O)O)C(C)(c2cccs2)N1C. The van der Waals surface area contributed by atoms with E-state index in [9.17, 15) is 9.90 Å². The van der Waals surface area contributed by atoms with Crippen molar-refractivity contribution < 1.29 is 9.90 Å². The molecule has 0 saturated carbocycles. The first-order valence-electron chi connectivity index (χ1n) is 5.17. The van der Waals surface area contributed by atoms with E-state index in [0.717, 1.165) is 10.6 Å². The molecular formula is C12H15NO2S. The summed E-state index contributed by atoms with van der Waals surface area (Å²) in [5, 5.41) is 11.3. The van der Waals surface area contributed by atoms with E-state index in [1.165, 1.54) is 0 Å². The molecule has 16 heavy (non-hydrogen) atoms. The average Bonchev–Trinajstić information content (AvgIpc) is 2.82. The minimum Gasteiger partial charge on any atom is -0.481 e. The summed E-state index contributed by atoms with van der Waals surface area (Å²) < 4.78 is 0. The second kappa shape index (κ2) is 3.63. The van der Waals surface area contributed by atoms with Gasteiger partial charge in [0.2, 0.25) is 0 Å². The third-order valence-corrected chi connectivity index (χ3v) is 4.62. The molecule has 0 saturated heterocycles. The quantitative estimate of drug-likeness (QED) is 0.859. The predicted octanol–water partition coefficient (Wildman–Crippen LogP) is 2.51. The van der Waals surface area contributed by atoms with Crippen LogP contribution in [0.25, 0.3) is 0 Å². The molecule has 0 radical (unpaired) electrons. The van der Waals surface area contributed by atoms with E-state index >= 15 is 0 Å². The normalized spacial score (nSPS) is 29.3. The van der Waals surface area contributed by atoms with Crippen molar-refractivity contribution in [3.05, 3.63) is 34.2 Å². The molecule has 2 heterocycles. The molecule has 0 amide bonds. The molecule has 1 aliphatic heterocycles. The van der Waals surface area contributed by atoms with Crippen LogP contribution in [0.2, 0.25) is 0 Å². The van der Waals surface area contributed by atoms with Gasteiger partial charge >= 0.3 is 5.97 Å². The van der Waals surface area contributed by atoms with E-state index in [-0.39, 0.29) is 0 Å². The third kappa shape index (κ3) is 1.37. The number of rotatable bonds is 2. The van der Waals surface area contributed by atoms with Crippen molar-refractivity contribution in [3.63, 3.8) is 0 Å². The molecule has 0 bridgehead atoms. The number of aliphatic carboxylic acids is 1. The van der Waals surface area contributed by atoms with Crippen LogP contribution < -0.4 is 0 Å². The summed E-state index contributed by atoms with van der Waals surface area (Å²) in [6.45, 7) is 3.94. The molecule has 2 unspecified atom stereocenters. The highest BCUT2D eigenvalue weighted by Gasteiger charge is 2.47. The highest BCUT2D eigenvalue weighted by atomic mass is 32.1. The third-order valence-electron chi connectivity index (χ3n) is 3.53. The van der Waals surface area contributed by atoms with Crippen LogP contribution in [-0.2, 0) is 10.3 Å². The Morgan fingerprint density at radius 2 is 2.31 bits per heavy atom. The zero-order valence-electron chi connectivity index (χ0n) is 9.60. The lowest BCUT2D eigenvalue weighted by Gasteiger charge is -2.37. The first-order chi connectivity index (χ1) is 7.48. The van der Waals surface area contributed by atoms with Gasteiger partial charge in [-0.25, -0.2) is 0 Å². The van der Waals surface area contributed by atoms with E-state index in [1.807, 2.05) is 44.5 Å². The van der Waals surface area contributed by atoms with Crippen molar-refractivity contribution in [3.8, 4) is 0 Å². The standard InChI is InChI=1S/C12H15NO2S/c1-8-7-9(11(14)15)12(2,13(8)3)10-5-4-6-16-10/h4-7,9H,1-3H3,(H,14,15). The van der Waals surface area contributed by atoms with Gasteiger partial charge in [-0.05, 0) is 31.4 Å². The van der Waals surface area contributed by atoms with Crippen LogP contribution >= 0.6 is 11.3 Å². The number of carboxylic acids is 1. The molecule has 1 N–H and O–H groups in total. The molecular weight excluding hydrogens is 222 g/mol. The Balaban J connectivity index is 2.50. The van der Waals surface area contributed by atoms with Crippen LogP contribution in [0.5, 0.6) is 0 Å². The number of hydrogen-bond acceptors (Lipinski definition) is 3. The van der Waals surface area contributed by atoms with E-state index in [2.05, 4.69) is 4.90 Å². The van der Waals surface area contributed by atoms with Gasteiger partial charge in [-0.1, -0.05) is 6.07 Å². The molecule has 0 aromatic carbocycles. The van der Waals surface area contributed by atoms with Crippen LogP contribution in [0.4, 0.5) is 0 Å². The monoisotopic (exact) mass is 237 g/mol. The fourth-order valence-electron chi connectivity index (χ4n) is 2.29. The lowest BCUT2D eigenvalue weighted by molar-refractivity contribution is -0.143. The molecule has 0 spiro atoms. The summed E-state index contributed by atoms with van der Waals surface area (Å²) in [5.74, 6) is -1.24. The van der Waals surface area contributed by atoms with Crippen molar-refractivity contribution in [2.24, 2.45) is 5.92 Å². The van der Waals surface area contributed by atoms with Gasteiger partial charge in [0.15, 0.2) is 0 Å². The summed E-state index contributed by atoms with van der Waals surface area (Å²) in [5.41, 5.74) is 0.563. The fraction of sp³-hybridized carbons (Fsp3) is 0.417. The number of allylic oxidation sites excluding steroid dienone is 1. The van der Waals surface area contributed by atoms with Gasteiger partial charge in [0, 0.05) is 17.6 Å². The summed E-state index contributed by atoms with van der Waals surface area (Å²) >= 11 is 1.61. The molecule has 1 aliphatic rings. The number of carbonyl (C=O) groups is 1. The van der Waals surface area contributed by atoms with Crippen LogP contribution in [0.15, 0.2) is 29.3 Å². The summed E-state index contributed by atoms with van der Waals surface area (Å²) in [7, 11) is 1.95. The van der Waals surface area contributed by atoms with Gasteiger partial charge in [0.05, 0.1) is 5.54 Å². The van der Waals surface area contributed by atoms with Crippen LogP contribution in [0, 0.1) is 5.92 Å². The van der Waals surface area contributed by atoms with Gasteiger partial charge in [-0.3, -0.25) is 4.79 Å². The van der Waals surface area contributed by atoms with Crippen LogP contribution in [0.1, 0.15) is 18.7 Å². The number of hydrogen-bond donors (Lipinski definition) is 1. The highest BCUT2D eigenvalue weighted by Crippen LogP contribution is 2.45. The number of nitrogens with zero attached hydrogens (tertiary/aromatic N) is 1. The van der Waals surface area contributed by atoms with Crippen molar-refractivity contribution in [1.82, 2.24) is 4.90 Å². The zero-order valence-corrected chi connectivity index (χ0v) is 10.4. The molecule has 0 aliphatic carbocycles. The van der Waals surface area contributed by atoms with Crippen molar-refractivity contribution in [2.75, 3.05) is 7.05 Å². The van der Waals surface area contributed by atoms with E-state index < -0.39 is 17.4 Å². The van der Waals surface area contributed by atoms with E-state index in [1.54, 1.807) is 11.3 Å². The summed E-state index contributed by atoms with van der Waals surface area (Å²) in [4.78, 5) is 14.5. The Hall–Kier alpha value is -1.29. The molecule has 86 valence electrons. The van der Waals surface area contributed by atoms with Crippen LogP contribution in [0.3, 0.4) is 0 Å². The Bertz CT molecular complexity index is 438. The molecule has 0 fully saturated rings. The molecule has 4 heteroatoms. The number of carboxylic acid groups (broad SMARTS) is 1. The lowest BCUT2D eigenvalue weighted by Crippen LogP contribution is -2.43. The van der Waals surface area contributed by atoms with Gasteiger partial charge in [-0.15, -0.1) is 11.3 Å².